The summed E-state index contributed by atoms with van der Waals surface area (Å²) in [4.78, 5) is 25.0. The summed E-state index contributed by atoms with van der Waals surface area (Å²) in [5.41, 5.74) is -3.29. The van der Waals surface area contributed by atoms with Gasteiger partial charge in [0, 0.05) is 10.6 Å². The largest absolute Gasteiger partial charge is 0.433 e. The van der Waals surface area contributed by atoms with Crippen LogP contribution in [-0.2, 0) is 6.18 Å². The number of benzene rings is 2. The molecule has 0 aliphatic carbocycles. The van der Waals surface area contributed by atoms with E-state index in [1.807, 2.05) is 5.10 Å². The van der Waals surface area contributed by atoms with Crippen LogP contribution in [0.4, 0.5) is 13.2 Å². The molecule has 0 bridgehead atoms. The van der Waals surface area contributed by atoms with Crippen LogP contribution >= 0.6 is 11.6 Å². The fraction of sp³-hybridized carbons (Fsp3) is 0.0588. The SMILES string of the molecule is O=C(c1ccc(Cl)cc1)c1c(C(F)(F)F)[nH]n(-c2ccccc2)c1=O. The van der Waals surface area contributed by atoms with E-state index in [0.717, 1.165) is 0 Å². The van der Waals surface area contributed by atoms with Gasteiger partial charge in [-0.3, -0.25) is 14.7 Å². The topological polar surface area (TPSA) is 54.9 Å². The third-order valence-electron chi connectivity index (χ3n) is 3.52. The molecule has 1 heterocycles. The number of halogens is 4. The van der Waals surface area contributed by atoms with Gasteiger partial charge in [0.25, 0.3) is 5.56 Å². The smallest absolute Gasteiger partial charge is 0.288 e. The Labute approximate surface area is 144 Å². The van der Waals surface area contributed by atoms with Crippen molar-refractivity contribution >= 4 is 17.4 Å². The van der Waals surface area contributed by atoms with Gasteiger partial charge in [0.1, 0.15) is 5.56 Å². The molecule has 0 amide bonds. The van der Waals surface area contributed by atoms with Crippen molar-refractivity contribution in [2.45, 2.75) is 6.18 Å². The van der Waals surface area contributed by atoms with Crippen molar-refractivity contribution < 1.29 is 18.0 Å². The maximum Gasteiger partial charge on any atom is 0.433 e. The van der Waals surface area contributed by atoms with E-state index in [-0.39, 0.29) is 11.3 Å². The van der Waals surface area contributed by atoms with Crippen LogP contribution in [0.3, 0.4) is 0 Å². The standard InChI is InChI=1S/C17H10ClF3N2O2/c18-11-8-6-10(7-9-11)14(24)13-15(17(19,20)21)22-23(16(13)25)12-4-2-1-3-5-12/h1-9,22H. The number of H-pyrrole nitrogens is 1. The lowest BCUT2D eigenvalue weighted by Crippen LogP contribution is -2.22. The molecule has 3 rings (SSSR count). The zero-order chi connectivity index (χ0) is 18.2. The summed E-state index contributed by atoms with van der Waals surface area (Å²) in [7, 11) is 0. The Hall–Kier alpha value is -2.80. The van der Waals surface area contributed by atoms with Gasteiger partial charge in [0.2, 0.25) is 5.78 Å². The summed E-state index contributed by atoms with van der Waals surface area (Å²) in [6.45, 7) is 0. The van der Waals surface area contributed by atoms with Crippen LogP contribution in [0.5, 0.6) is 0 Å². The lowest BCUT2D eigenvalue weighted by Gasteiger charge is -2.06. The van der Waals surface area contributed by atoms with Gasteiger partial charge in [-0.15, -0.1) is 0 Å². The minimum Gasteiger partial charge on any atom is -0.288 e. The Morgan fingerprint density at radius 2 is 1.60 bits per heavy atom. The van der Waals surface area contributed by atoms with Crippen molar-refractivity contribution in [1.29, 1.82) is 0 Å². The molecule has 25 heavy (non-hydrogen) atoms. The molecule has 0 aliphatic heterocycles. The first kappa shape index (κ1) is 17.0. The van der Waals surface area contributed by atoms with Crippen molar-refractivity contribution in [3.8, 4) is 5.69 Å². The number of hydrogen-bond acceptors (Lipinski definition) is 2. The lowest BCUT2D eigenvalue weighted by molar-refractivity contribution is -0.141. The average molecular weight is 367 g/mol. The highest BCUT2D eigenvalue weighted by molar-refractivity contribution is 6.30. The molecule has 128 valence electrons. The molecule has 0 unspecified atom stereocenters. The van der Waals surface area contributed by atoms with E-state index in [0.29, 0.717) is 9.70 Å². The number of aromatic nitrogens is 2. The molecule has 0 saturated carbocycles. The summed E-state index contributed by atoms with van der Waals surface area (Å²) in [5, 5.41) is 2.32. The second kappa shape index (κ2) is 6.25. The second-order valence-corrected chi connectivity index (χ2v) is 5.61. The molecule has 2 aromatic carbocycles. The number of hydrogen-bond donors (Lipinski definition) is 1. The number of rotatable bonds is 3. The van der Waals surface area contributed by atoms with Gasteiger partial charge in [-0.2, -0.15) is 13.2 Å². The summed E-state index contributed by atoms with van der Waals surface area (Å²) in [6, 6.07) is 13.0. The number of nitrogens with one attached hydrogen (secondary N) is 1. The number of aromatic amines is 1. The van der Waals surface area contributed by atoms with Crippen LogP contribution in [0.15, 0.2) is 59.4 Å². The zero-order valence-corrected chi connectivity index (χ0v) is 13.2. The Morgan fingerprint density at radius 1 is 1.00 bits per heavy atom. The Bertz CT molecular complexity index is 974. The lowest BCUT2D eigenvalue weighted by atomic mass is 10.0. The van der Waals surface area contributed by atoms with E-state index in [1.165, 1.54) is 36.4 Å². The predicted octanol–water partition coefficient (Wildman–Crippen LogP) is 4.07. The number of carbonyl (C=O) groups excluding carboxylic acids is 1. The average Bonchev–Trinajstić information content (AvgIpc) is 2.93. The minimum atomic E-state index is -4.89. The van der Waals surface area contributed by atoms with Gasteiger partial charge in [-0.1, -0.05) is 29.8 Å². The van der Waals surface area contributed by atoms with Crippen molar-refractivity contribution in [3.63, 3.8) is 0 Å². The molecule has 0 radical (unpaired) electrons. The summed E-state index contributed by atoms with van der Waals surface area (Å²) in [5.74, 6) is -1.03. The first-order valence-electron chi connectivity index (χ1n) is 7.07. The van der Waals surface area contributed by atoms with Crippen LogP contribution < -0.4 is 5.56 Å². The molecule has 8 heteroatoms. The van der Waals surface area contributed by atoms with Gasteiger partial charge in [-0.25, -0.2) is 4.68 Å². The fourth-order valence-corrected chi connectivity index (χ4v) is 2.48. The molecule has 0 atom stereocenters. The molecule has 3 aromatic rings. The van der Waals surface area contributed by atoms with E-state index < -0.39 is 28.8 Å². The van der Waals surface area contributed by atoms with E-state index in [1.54, 1.807) is 18.2 Å². The number of carbonyl (C=O) groups is 1. The van der Waals surface area contributed by atoms with Gasteiger partial charge in [0.15, 0.2) is 5.69 Å². The summed E-state index contributed by atoms with van der Waals surface area (Å²) < 4.78 is 40.7. The number of para-hydroxylation sites is 1. The molecule has 1 aromatic heterocycles. The molecule has 0 fully saturated rings. The molecule has 4 nitrogen and oxygen atoms in total. The Morgan fingerprint density at radius 3 is 2.16 bits per heavy atom. The highest BCUT2D eigenvalue weighted by Crippen LogP contribution is 2.31. The summed E-state index contributed by atoms with van der Waals surface area (Å²) >= 11 is 5.72. The van der Waals surface area contributed by atoms with Crippen LogP contribution in [0.1, 0.15) is 21.6 Å². The maximum atomic E-state index is 13.3. The maximum absolute atomic E-state index is 13.3. The van der Waals surface area contributed by atoms with Crippen LogP contribution in [0.2, 0.25) is 5.02 Å². The molecule has 1 N–H and O–H groups in total. The third-order valence-corrected chi connectivity index (χ3v) is 3.77. The van der Waals surface area contributed by atoms with Crippen LogP contribution in [-0.4, -0.2) is 15.6 Å². The van der Waals surface area contributed by atoms with Gasteiger partial charge in [-0.05, 0) is 36.4 Å². The van der Waals surface area contributed by atoms with Gasteiger partial charge in [0.05, 0.1) is 5.69 Å². The molecular weight excluding hydrogens is 357 g/mol. The van der Waals surface area contributed by atoms with E-state index in [4.69, 9.17) is 11.6 Å². The number of ketones is 1. The second-order valence-electron chi connectivity index (χ2n) is 5.17. The fourth-order valence-electron chi connectivity index (χ4n) is 2.36. The number of nitrogens with zero attached hydrogens (tertiary/aromatic N) is 1. The van der Waals surface area contributed by atoms with Crippen molar-refractivity contribution in [3.05, 3.63) is 86.8 Å². The van der Waals surface area contributed by atoms with E-state index >= 15 is 0 Å². The Balaban J connectivity index is 2.21. The Kier molecular flexibility index (Phi) is 4.26. The normalized spacial score (nSPS) is 11.5. The van der Waals surface area contributed by atoms with E-state index in [9.17, 15) is 22.8 Å². The first-order valence-corrected chi connectivity index (χ1v) is 7.45. The molecule has 0 saturated heterocycles. The molecule has 0 aliphatic rings. The van der Waals surface area contributed by atoms with Crippen molar-refractivity contribution in [1.82, 2.24) is 9.78 Å². The molecular formula is C17H10ClF3N2O2. The monoisotopic (exact) mass is 366 g/mol. The third kappa shape index (κ3) is 3.23. The predicted molar refractivity (Wildman–Crippen MR) is 86.3 cm³/mol. The number of alkyl halides is 3. The quantitative estimate of drug-likeness (QED) is 0.710. The highest BCUT2D eigenvalue weighted by Gasteiger charge is 2.40. The van der Waals surface area contributed by atoms with E-state index in [2.05, 4.69) is 0 Å². The van der Waals surface area contributed by atoms with Gasteiger partial charge >= 0.3 is 6.18 Å². The molecule has 0 spiro atoms. The van der Waals surface area contributed by atoms with Gasteiger partial charge < -0.3 is 0 Å². The minimum absolute atomic E-state index is 0.0637. The summed E-state index contributed by atoms with van der Waals surface area (Å²) in [6.07, 6.45) is -4.89. The van der Waals surface area contributed by atoms with Crippen molar-refractivity contribution in [2.75, 3.05) is 0 Å². The zero-order valence-electron chi connectivity index (χ0n) is 12.5. The van der Waals surface area contributed by atoms with Crippen molar-refractivity contribution in [2.24, 2.45) is 0 Å². The highest BCUT2D eigenvalue weighted by atomic mass is 35.5. The first-order chi connectivity index (χ1) is 11.8. The van der Waals surface area contributed by atoms with Crippen LogP contribution in [0, 0.1) is 0 Å². The van der Waals surface area contributed by atoms with Crippen LogP contribution in [0.25, 0.3) is 5.69 Å².